The van der Waals surface area contributed by atoms with E-state index in [0.29, 0.717) is 12.0 Å². The number of aryl methyl sites for hydroxylation is 2. The summed E-state index contributed by atoms with van der Waals surface area (Å²) < 4.78 is 0. The summed E-state index contributed by atoms with van der Waals surface area (Å²) in [5.41, 5.74) is 7.47. The monoisotopic (exact) mass is 197 g/mol. The molecule has 1 atom stereocenters. The second-order valence-electron chi connectivity index (χ2n) is 4.05. The number of nitrogens with two attached hydrogens (primary N) is 1. The van der Waals surface area contributed by atoms with Gasteiger partial charge in [0.25, 0.3) is 0 Å². The fraction of sp³-hybridized carbons (Fsp3) is 0.636. The third kappa shape index (κ3) is 2.82. The maximum Gasteiger partial charge on any atom is 0.0103 e. The van der Waals surface area contributed by atoms with Crippen molar-refractivity contribution in [3.05, 3.63) is 21.4 Å². The molecule has 0 aromatic carbocycles. The van der Waals surface area contributed by atoms with Crippen LogP contribution >= 0.6 is 11.3 Å². The molecule has 1 aromatic rings. The Balaban J connectivity index is 2.68. The molecule has 2 heteroatoms. The van der Waals surface area contributed by atoms with Crippen molar-refractivity contribution in [2.45, 2.75) is 40.2 Å². The highest BCUT2D eigenvalue weighted by atomic mass is 32.1. The van der Waals surface area contributed by atoms with Crippen molar-refractivity contribution in [2.24, 2.45) is 11.7 Å². The highest BCUT2D eigenvalue weighted by Gasteiger charge is 2.11. The van der Waals surface area contributed by atoms with E-state index in [4.69, 9.17) is 5.73 Å². The van der Waals surface area contributed by atoms with Gasteiger partial charge in [0.05, 0.1) is 0 Å². The predicted octanol–water partition coefficient (Wildman–Crippen LogP) is 2.89. The van der Waals surface area contributed by atoms with E-state index in [0.717, 1.165) is 6.42 Å². The van der Waals surface area contributed by atoms with Crippen molar-refractivity contribution in [1.82, 2.24) is 0 Å². The lowest BCUT2D eigenvalue weighted by molar-refractivity contribution is 0.490. The van der Waals surface area contributed by atoms with Gasteiger partial charge in [-0.05, 0) is 37.8 Å². The van der Waals surface area contributed by atoms with Crippen molar-refractivity contribution in [2.75, 3.05) is 0 Å². The Morgan fingerprint density at radius 2 is 2.00 bits per heavy atom. The molecule has 0 aliphatic carbocycles. The molecule has 1 heterocycles. The minimum absolute atomic E-state index is 0.299. The summed E-state index contributed by atoms with van der Waals surface area (Å²) in [5, 5.41) is 0. The third-order valence-electron chi connectivity index (χ3n) is 2.46. The second-order valence-corrected chi connectivity index (χ2v) is 5.51. The molecule has 0 spiro atoms. The minimum Gasteiger partial charge on any atom is -0.327 e. The van der Waals surface area contributed by atoms with Gasteiger partial charge in [0.1, 0.15) is 0 Å². The fourth-order valence-corrected chi connectivity index (χ4v) is 2.33. The van der Waals surface area contributed by atoms with E-state index in [1.165, 1.54) is 15.3 Å². The van der Waals surface area contributed by atoms with E-state index in [9.17, 15) is 0 Å². The van der Waals surface area contributed by atoms with E-state index in [2.05, 4.69) is 33.8 Å². The zero-order chi connectivity index (χ0) is 10.0. The molecule has 1 unspecified atom stereocenters. The third-order valence-corrected chi connectivity index (χ3v) is 3.46. The molecule has 1 nitrogen and oxygen atoms in total. The van der Waals surface area contributed by atoms with Gasteiger partial charge >= 0.3 is 0 Å². The molecule has 0 radical (unpaired) electrons. The van der Waals surface area contributed by atoms with Crippen molar-refractivity contribution >= 4 is 11.3 Å². The van der Waals surface area contributed by atoms with Crippen LogP contribution in [0, 0.1) is 19.8 Å². The van der Waals surface area contributed by atoms with Crippen molar-refractivity contribution in [3.63, 3.8) is 0 Å². The highest BCUT2D eigenvalue weighted by Crippen LogP contribution is 2.22. The van der Waals surface area contributed by atoms with Gasteiger partial charge in [0.15, 0.2) is 0 Å². The van der Waals surface area contributed by atoms with Gasteiger partial charge in [-0.3, -0.25) is 0 Å². The number of thiophene rings is 1. The summed E-state index contributed by atoms with van der Waals surface area (Å²) in [6, 6.07) is 2.56. The molecule has 1 rings (SSSR count). The first-order valence-electron chi connectivity index (χ1n) is 4.82. The molecule has 0 saturated heterocycles. The molecule has 74 valence electrons. The van der Waals surface area contributed by atoms with Crippen LogP contribution in [0.15, 0.2) is 6.07 Å². The number of rotatable bonds is 3. The molecule has 2 N–H and O–H groups in total. The zero-order valence-corrected chi connectivity index (χ0v) is 9.74. The van der Waals surface area contributed by atoms with Crippen molar-refractivity contribution < 1.29 is 0 Å². The Morgan fingerprint density at radius 1 is 1.38 bits per heavy atom. The Hall–Kier alpha value is -0.340. The van der Waals surface area contributed by atoms with E-state index in [1.807, 2.05) is 11.3 Å². The first-order valence-corrected chi connectivity index (χ1v) is 5.64. The molecule has 0 bridgehead atoms. The van der Waals surface area contributed by atoms with Gasteiger partial charge in [-0.15, -0.1) is 11.3 Å². The molecule has 0 saturated carbocycles. The van der Waals surface area contributed by atoms with Crippen LogP contribution < -0.4 is 5.73 Å². The largest absolute Gasteiger partial charge is 0.327 e. The van der Waals surface area contributed by atoms with Crippen LogP contribution in [0.25, 0.3) is 0 Å². The predicted molar refractivity (Wildman–Crippen MR) is 60.3 cm³/mol. The van der Waals surface area contributed by atoms with Crippen LogP contribution in [-0.4, -0.2) is 6.04 Å². The van der Waals surface area contributed by atoms with Crippen LogP contribution in [0.2, 0.25) is 0 Å². The van der Waals surface area contributed by atoms with Gasteiger partial charge in [-0.2, -0.15) is 0 Å². The molecule has 0 fully saturated rings. The van der Waals surface area contributed by atoms with Gasteiger partial charge in [-0.1, -0.05) is 13.8 Å². The molecular formula is C11H19NS. The van der Waals surface area contributed by atoms with Gasteiger partial charge < -0.3 is 5.73 Å². The Kier molecular flexibility index (Phi) is 3.51. The maximum absolute atomic E-state index is 6.03. The Labute approximate surface area is 85.0 Å². The van der Waals surface area contributed by atoms with Gasteiger partial charge in [0, 0.05) is 15.8 Å². The van der Waals surface area contributed by atoms with Crippen LogP contribution in [0.1, 0.15) is 29.2 Å². The second kappa shape index (κ2) is 4.25. The summed E-state index contributed by atoms with van der Waals surface area (Å²) in [7, 11) is 0. The lowest BCUT2D eigenvalue weighted by Gasteiger charge is -2.14. The van der Waals surface area contributed by atoms with Crippen LogP contribution in [0.3, 0.4) is 0 Å². The summed E-state index contributed by atoms with van der Waals surface area (Å²) in [5.74, 6) is 0.569. The van der Waals surface area contributed by atoms with E-state index in [-0.39, 0.29) is 0 Å². The smallest absolute Gasteiger partial charge is 0.0103 e. The van der Waals surface area contributed by atoms with E-state index >= 15 is 0 Å². The van der Waals surface area contributed by atoms with E-state index in [1.54, 1.807) is 0 Å². The van der Waals surface area contributed by atoms with Crippen LogP contribution in [-0.2, 0) is 6.42 Å². The average molecular weight is 197 g/mol. The molecular weight excluding hydrogens is 178 g/mol. The number of hydrogen-bond donors (Lipinski definition) is 1. The van der Waals surface area contributed by atoms with Gasteiger partial charge in [0.2, 0.25) is 0 Å². The first-order chi connectivity index (χ1) is 6.00. The topological polar surface area (TPSA) is 26.0 Å². The summed E-state index contributed by atoms with van der Waals surface area (Å²) in [6.45, 7) is 8.70. The molecule has 13 heavy (non-hydrogen) atoms. The summed E-state index contributed by atoms with van der Waals surface area (Å²) >= 11 is 1.87. The standard InChI is InChI=1S/C11H19NS/c1-7(2)11(12)6-10-5-8(3)13-9(10)4/h5,7,11H,6,12H2,1-4H3. The lowest BCUT2D eigenvalue weighted by atomic mass is 9.98. The van der Waals surface area contributed by atoms with Crippen molar-refractivity contribution in [1.29, 1.82) is 0 Å². The highest BCUT2D eigenvalue weighted by molar-refractivity contribution is 7.12. The Bertz CT molecular complexity index is 276. The van der Waals surface area contributed by atoms with Crippen LogP contribution in [0.4, 0.5) is 0 Å². The zero-order valence-electron chi connectivity index (χ0n) is 8.92. The average Bonchev–Trinajstić information content (AvgIpc) is 2.30. The molecule has 0 aliphatic heterocycles. The minimum atomic E-state index is 0.299. The lowest BCUT2D eigenvalue weighted by Crippen LogP contribution is -2.28. The van der Waals surface area contributed by atoms with Crippen LogP contribution in [0.5, 0.6) is 0 Å². The first kappa shape index (κ1) is 10.7. The summed E-state index contributed by atoms with van der Waals surface area (Å²) in [6.07, 6.45) is 1.02. The van der Waals surface area contributed by atoms with E-state index < -0.39 is 0 Å². The normalized spacial score (nSPS) is 13.7. The Morgan fingerprint density at radius 3 is 2.38 bits per heavy atom. The SMILES string of the molecule is Cc1cc(CC(N)C(C)C)c(C)s1. The summed E-state index contributed by atoms with van der Waals surface area (Å²) in [4.78, 5) is 2.82. The molecule has 0 aliphatic rings. The fourth-order valence-electron chi connectivity index (χ4n) is 1.38. The van der Waals surface area contributed by atoms with Crippen molar-refractivity contribution in [3.8, 4) is 0 Å². The molecule has 0 amide bonds. The van der Waals surface area contributed by atoms with Gasteiger partial charge in [-0.25, -0.2) is 0 Å². The quantitative estimate of drug-likeness (QED) is 0.792. The maximum atomic E-state index is 6.03. The number of hydrogen-bond acceptors (Lipinski definition) is 2. The molecule has 1 aromatic heterocycles.